The van der Waals surface area contributed by atoms with Crippen LogP contribution >= 0.6 is 24.0 Å². The van der Waals surface area contributed by atoms with Crippen LogP contribution < -0.4 is 15.4 Å². The highest BCUT2D eigenvalue weighted by Crippen LogP contribution is 2.19. The highest BCUT2D eigenvalue weighted by Gasteiger charge is 2.10. The number of benzene rings is 2. The summed E-state index contributed by atoms with van der Waals surface area (Å²) >= 11 is 0. The molecule has 0 aliphatic carbocycles. The molecule has 5 nitrogen and oxygen atoms in total. The number of nitrogens with one attached hydrogen (secondary N) is 2. The summed E-state index contributed by atoms with van der Waals surface area (Å²) in [7, 11) is 0. The minimum atomic E-state index is -2.87. The summed E-state index contributed by atoms with van der Waals surface area (Å²) in [4.78, 5) is 4.51. The number of aliphatic imine (C=N–C) groups is 1. The Labute approximate surface area is 181 Å². The molecule has 3 N–H and O–H groups in total. The van der Waals surface area contributed by atoms with E-state index in [1.807, 2.05) is 38.1 Å². The van der Waals surface area contributed by atoms with Gasteiger partial charge in [-0.25, -0.2) is 4.99 Å². The number of alkyl halides is 2. The van der Waals surface area contributed by atoms with Gasteiger partial charge in [-0.05, 0) is 37.1 Å². The lowest BCUT2D eigenvalue weighted by Gasteiger charge is -2.16. The molecule has 0 saturated heterocycles. The average molecular weight is 505 g/mol. The third-order valence-corrected chi connectivity index (χ3v) is 3.84. The van der Waals surface area contributed by atoms with Gasteiger partial charge < -0.3 is 20.5 Å². The Morgan fingerprint density at radius 2 is 1.71 bits per heavy atom. The maximum atomic E-state index is 12.2. The molecule has 0 aliphatic heterocycles. The quantitative estimate of drug-likeness (QED) is 0.288. The fourth-order valence-electron chi connectivity index (χ4n) is 2.39. The number of guanidine groups is 1. The molecule has 0 radical (unpaired) electrons. The standard InChI is InChI=1S/C20H25F2N3O2.HI/c1-3-23-20(24-12-15-6-4-14(2)5-7-15)25-13-18(26)16-8-10-17(11-9-16)27-19(21)22;/h4-11,18-19,26H,3,12-13H2,1-2H3,(H2,23,24,25);1H. The van der Waals surface area contributed by atoms with Gasteiger partial charge in [0.1, 0.15) is 5.75 Å². The number of hydrogen-bond acceptors (Lipinski definition) is 3. The molecular weight excluding hydrogens is 479 g/mol. The SMILES string of the molecule is CCNC(=NCc1ccc(C)cc1)NCC(O)c1ccc(OC(F)F)cc1.I. The van der Waals surface area contributed by atoms with Crippen LogP contribution in [0.3, 0.4) is 0 Å². The second kappa shape index (κ2) is 12.5. The van der Waals surface area contributed by atoms with E-state index in [4.69, 9.17) is 0 Å². The van der Waals surface area contributed by atoms with Crippen molar-refractivity contribution in [2.75, 3.05) is 13.1 Å². The van der Waals surface area contributed by atoms with Crippen LogP contribution in [0.5, 0.6) is 5.75 Å². The number of aliphatic hydroxyl groups is 1. The number of hydrogen-bond donors (Lipinski definition) is 3. The van der Waals surface area contributed by atoms with Gasteiger partial charge in [0.15, 0.2) is 5.96 Å². The molecule has 2 aromatic carbocycles. The molecule has 2 rings (SSSR count). The zero-order chi connectivity index (χ0) is 19.6. The van der Waals surface area contributed by atoms with E-state index in [-0.39, 0.29) is 36.3 Å². The van der Waals surface area contributed by atoms with E-state index < -0.39 is 12.7 Å². The van der Waals surface area contributed by atoms with Crippen LogP contribution in [0.2, 0.25) is 0 Å². The number of rotatable bonds is 8. The van der Waals surface area contributed by atoms with E-state index in [0.717, 1.165) is 5.56 Å². The van der Waals surface area contributed by atoms with Gasteiger partial charge in [-0.15, -0.1) is 24.0 Å². The van der Waals surface area contributed by atoms with Crippen molar-refractivity contribution in [2.24, 2.45) is 4.99 Å². The average Bonchev–Trinajstić information content (AvgIpc) is 2.65. The summed E-state index contributed by atoms with van der Waals surface area (Å²) < 4.78 is 28.7. The van der Waals surface area contributed by atoms with Gasteiger partial charge in [-0.1, -0.05) is 42.0 Å². The molecule has 0 heterocycles. The first-order valence-corrected chi connectivity index (χ1v) is 8.78. The number of aliphatic hydroxyl groups excluding tert-OH is 1. The smallest absolute Gasteiger partial charge is 0.387 e. The Hall–Kier alpha value is -1.94. The topological polar surface area (TPSA) is 65.9 Å². The predicted octanol–water partition coefficient (Wildman–Crippen LogP) is 4.00. The number of aryl methyl sites for hydroxylation is 1. The van der Waals surface area contributed by atoms with Crippen molar-refractivity contribution in [1.82, 2.24) is 10.6 Å². The van der Waals surface area contributed by atoms with E-state index in [1.165, 1.54) is 17.7 Å². The third-order valence-electron chi connectivity index (χ3n) is 3.84. The molecule has 0 amide bonds. The molecule has 0 fully saturated rings. The number of ether oxygens (including phenoxy) is 1. The Morgan fingerprint density at radius 1 is 1.07 bits per heavy atom. The summed E-state index contributed by atoms with van der Waals surface area (Å²) in [6, 6.07) is 14.1. The maximum absolute atomic E-state index is 12.2. The van der Waals surface area contributed by atoms with Crippen LogP contribution in [-0.4, -0.2) is 30.8 Å². The Morgan fingerprint density at radius 3 is 2.29 bits per heavy atom. The zero-order valence-electron chi connectivity index (χ0n) is 15.9. The van der Waals surface area contributed by atoms with Gasteiger partial charge in [0.2, 0.25) is 0 Å². The molecule has 0 spiro atoms. The monoisotopic (exact) mass is 505 g/mol. The van der Waals surface area contributed by atoms with E-state index in [9.17, 15) is 13.9 Å². The van der Waals surface area contributed by atoms with Gasteiger partial charge in [0, 0.05) is 13.1 Å². The molecule has 0 saturated carbocycles. The second-order valence-corrected chi connectivity index (χ2v) is 6.03. The van der Waals surface area contributed by atoms with E-state index in [2.05, 4.69) is 20.4 Å². The van der Waals surface area contributed by atoms with Crippen LogP contribution in [0.1, 0.15) is 29.7 Å². The molecule has 154 valence electrons. The van der Waals surface area contributed by atoms with Crippen molar-refractivity contribution in [1.29, 1.82) is 0 Å². The molecule has 1 atom stereocenters. The van der Waals surface area contributed by atoms with E-state index in [0.29, 0.717) is 24.6 Å². The van der Waals surface area contributed by atoms with E-state index in [1.54, 1.807) is 12.1 Å². The van der Waals surface area contributed by atoms with Crippen molar-refractivity contribution in [3.63, 3.8) is 0 Å². The van der Waals surface area contributed by atoms with Gasteiger partial charge >= 0.3 is 6.61 Å². The molecule has 0 aliphatic rings. The number of nitrogens with zero attached hydrogens (tertiary/aromatic N) is 1. The maximum Gasteiger partial charge on any atom is 0.387 e. The molecule has 0 aromatic heterocycles. The molecule has 2 aromatic rings. The van der Waals surface area contributed by atoms with Crippen molar-refractivity contribution in [3.8, 4) is 5.75 Å². The highest BCUT2D eigenvalue weighted by molar-refractivity contribution is 14.0. The largest absolute Gasteiger partial charge is 0.435 e. The summed E-state index contributed by atoms with van der Waals surface area (Å²) in [6.45, 7) is 2.57. The van der Waals surface area contributed by atoms with Crippen LogP contribution in [0.15, 0.2) is 53.5 Å². The zero-order valence-corrected chi connectivity index (χ0v) is 18.2. The Balaban J connectivity index is 0.00000392. The first-order valence-electron chi connectivity index (χ1n) is 8.78. The van der Waals surface area contributed by atoms with E-state index >= 15 is 0 Å². The predicted molar refractivity (Wildman–Crippen MR) is 117 cm³/mol. The minimum absolute atomic E-state index is 0. The number of halogens is 3. The van der Waals surface area contributed by atoms with Gasteiger partial charge in [0.25, 0.3) is 0 Å². The van der Waals surface area contributed by atoms with Gasteiger partial charge in [0.05, 0.1) is 12.6 Å². The molecule has 1 unspecified atom stereocenters. The lowest BCUT2D eigenvalue weighted by Crippen LogP contribution is -2.39. The second-order valence-electron chi connectivity index (χ2n) is 6.03. The fourth-order valence-corrected chi connectivity index (χ4v) is 2.39. The Kier molecular flexibility index (Phi) is 10.8. The van der Waals surface area contributed by atoms with Crippen LogP contribution in [0, 0.1) is 6.92 Å². The van der Waals surface area contributed by atoms with Crippen LogP contribution in [0.25, 0.3) is 0 Å². The fraction of sp³-hybridized carbons (Fsp3) is 0.350. The van der Waals surface area contributed by atoms with Gasteiger partial charge in [-0.3, -0.25) is 0 Å². The minimum Gasteiger partial charge on any atom is -0.435 e. The first-order chi connectivity index (χ1) is 13.0. The third kappa shape index (κ3) is 8.39. The summed E-state index contributed by atoms with van der Waals surface area (Å²) in [5.41, 5.74) is 2.88. The molecule has 8 heteroatoms. The van der Waals surface area contributed by atoms with Crippen molar-refractivity contribution in [3.05, 3.63) is 65.2 Å². The summed E-state index contributed by atoms with van der Waals surface area (Å²) in [5, 5.41) is 16.5. The van der Waals surface area contributed by atoms with Crippen LogP contribution in [-0.2, 0) is 6.54 Å². The molecular formula is C20H26F2IN3O2. The first kappa shape index (κ1) is 24.1. The van der Waals surface area contributed by atoms with Gasteiger partial charge in [-0.2, -0.15) is 8.78 Å². The normalized spacial score (nSPS) is 12.3. The van der Waals surface area contributed by atoms with Crippen molar-refractivity contribution in [2.45, 2.75) is 33.1 Å². The van der Waals surface area contributed by atoms with Crippen molar-refractivity contribution >= 4 is 29.9 Å². The van der Waals surface area contributed by atoms with Crippen molar-refractivity contribution < 1.29 is 18.6 Å². The molecule has 0 bridgehead atoms. The highest BCUT2D eigenvalue weighted by atomic mass is 127. The lowest BCUT2D eigenvalue weighted by atomic mass is 10.1. The Bertz CT molecular complexity index is 725. The van der Waals surface area contributed by atoms with Crippen LogP contribution in [0.4, 0.5) is 8.78 Å². The molecule has 28 heavy (non-hydrogen) atoms. The summed E-state index contributed by atoms with van der Waals surface area (Å²) in [6.07, 6.45) is -0.811. The lowest BCUT2D eigenvalue weighted by molar-refractivity contribution is -0.0498. The summed E-state index contributed by atoms with van der Waals surface area (Å²) in [5.74, 6) is 0.650.